The van der Waals surface area contributed by atoms with Crippen molar-refractivity contribution in [3.8, 4) is 11.1 Å². The molecule has 0 spiro atoms. The summed E-state index contributed by atoms with van der Waals surface area (Å²) in [7, 11) is 0. The lowest BCUT2D eigenvalue weighted by atomic mass is 9.96. The van der Waals surface area contributed by atoms with Crippen molar-refractivity contribution in [2.45, 2.75) is 13.8 Å². The van der Waals surface area contributed by atoms with Crippen LogP contribution in [0.4, 0.5) is 4.39 Å². The number of hydrogen-bond donors (Lipinski definition) is 1. The second kappa shape index (κ2) is 5.02. The van der Waals surface area contributed by atoms with Gasteiger partial charge in [0.25, 0.3) is 0 Å². The topological polar surface area (TPSA) is 37.3 Å². The number of halogens is 2. The Morgan fingerprint density at radius 3 is 2.37 bits per heavy atom. The fourth-order valence-electron chi connectivity index (χ4n) is 1.92. The van der Waals surface area contributed by atoms with Gasteiger partial charge in [-0.15, -0.1) is 0 Å². The summed E-state index contributed by atoms with van der Waals surface area (Å²) in [5, 5.41) is 9.61. The van der Waals surface area contributed by atoms with E-state index in [0.29, 0.717) is 16.1 Å². The van der Waals surface area contributed by atoms with Crippen molar-refractivity contribution in [2.75, 3.05) is 0 Å². The summed E-state index contributed by atoms with van der Waals surface area (Å²) in [4.78, 5) is 11.2. The predicted molar refractivity (Wildman–Crippen MR) is 73.3 cm³/mol. The van der Waals surface area contributed by atoms with E-state index in [4.69, 9.17) is 16.7 Å². The molecule has 0 radical (unpaired) electrons. The van der Waals surface area contributed by atoms with Crippen LogP contribution in [0.3, 0.4) is 0 Å². The highest BCUT2D eigenvalue weighted by Crippen LogP contribution is 2.33. The Bertz CT molecular complexity index is 665. The first kappa shape index (κ1) is 13.6. The highest BCUT2D eigenvalue weighted by Gasteiger charge is 2.15. The van der Waals surface area contributed by atoms with Crippen LogP contribution in [0, 0.1) is 19.7 Å². The van der Waals surface area contributed by atoms with Crippen LogP contribution >= 0.6 is 11.6 Å². The van der Waals surface area contributed by atoms with Crippen LogP contribution in [-0.2, 0) is 0 Å². The third kappa shape index (κ3) is 2.61. The summed E-state index contributed by atoms with van der Waals surface area (Å²) >= 11 is 6.17. The van der Waals surface area contributed by atoms with E-state index in [9.17, 15) is 9.18 Å². The molecule has 0 heterocycles. The van der Waals surface area contributed by atoms with Crippen molar-refractivity contribution in [3.05, 3.63) is 57.9 Å². The minimum atomic E-state index is -1.18. The number of rotatable bonds is 2. The average Bonchev–Trinajstić information content (AvgIpc) is 2.34. The molecular formula is C15H12ClFO2. The molecule has 0 fully saturated rings. The number of carbonyl (C=O) groups is 1. The van der Waals surface area contributed by atoms with Gasteiger partial charge in [0.15, 0.2) is 0 Å². The lowest BCUT2D eigenvalue weighted by Crippen LogP contribution is -2.01. The van der Waals surface area contributed by atoms with Gasteiger partial charge in [0.1, 0.15) is 5.82 Å². The minimum Gasteiger partial charge on any atom is -0.478 e. The van der Waals surface area contributed by atoms with Crippen LogP contribution in [0.1, 0.15) is 21.5 Å². The molecule has 0 aromatic heterocycles. The fraction of sp³-hybridized carbons (Fsp3) is 0.133. The summed E-state index contributed by atoms with van der Waals surface area (Å²) < 4.78 is 13.2. The predicted octanol–water partition coefficient (Wildman–Crippen LogP) is 4.46. The normalized spacial score (nSPS) is 10.5. The van der Waals surface area contributed by atoms with Crippen molar-refractivity contribution in [1.29, 1.82) is 0 Å². The van der Waals surface area contributed by atoms with Crippen molar-refractivity contribution in [2.24, 2.45) is 0 Å². The van der Waals surface area contributed by atoms with E-state index in [-0.39, 0.29) is 5.56 Å². The van der Waals surface area contributed by atoms with Crippen molar-refractivity contribution >= 4 is 17.6 Å². The van der Waals surface area contributed by atoms with E-state index in [0.717, 1.165) is 17.2 Å². The lowest BCUT2D eigenvalue weighted by Gasteiger charge is -2.11. The largest absolute Gasteiger partial charge is 0.478 e. The zero-order valence-electron chi connectivity index (χ0n) is 10.5. The molecule has 2 aromatic carbocycles. The second-order valence-corrected chi connectivity index (χ2v) is 4.82. The molecule has 4 heteroatoms. The van der Waals surface area contributed by atoms with Gasteiger partial charge in [-0.25, -0.2) is 9.18 Å². The molecule has 0 saturated carbocycles. The summed E-state index contributed by atoms with van der Waals surface area (Å²) in [6, 6.07) is 7.27. The van der Waals surface area contributed by atoms with Crippen LogP contribution in [0.5, 0.6) is 0 Å². The van der Waals surface area contributed by atoms with Crippen molar-refractivity contribution in [1.82, 2.24) is 0 Å². The number of carboxylic acids is 1. The molecule has 0 unspecified atom stereocenters. The van der Waals surface area contributed by atoms with Gasteiger partial charge in [-0.1, -0.05) is 17.7 Å². The monoisotopic (exact) mass is 278 g/mol. The maximum absolute atomic E-state index is 13.2. The maximum atomic E-state index is 13.2. The molecule has 2 rings (SSSR count). The van der Waals surface area contributed by atoms with Gasteiger partial charge < -0.3 is 5.11 Å². The van der Waals surface area contributed by atoms with Gasteiger partial charge in [0.05, 0.1) is 5.56 Å². The second-order valence-electron chi connectivity index (χ2n) is 4.41. The first-order valence-corrected chi connectivity index (χ1v) is 6.08. The van der Waals surface area contributed by atoms with E-state index < -0.39 is 11.8 Å². The standard InChI is InChI=1S/C15H12ClFO2/c1-8-5-12(14(16)6-9(8)2)11-4-3-10(17)7-13(11)15(18)19/h3-7H,1-2H3,(H,18,19). The van der Waals surface area contributed by atoms with Gasteiger partial charge in [0, 0.05) is 10.6 Å². The molecule has 0 aliphatic heterocycles. The SMILES string of the molecule is Cc1cc(Cl)c(-c2ccc(F)cc2C(=O)O)cc1C. The van der Waals surface area contributed by atoms with Gasteiger partial charge in [-0.2, -0.15) is 0 Å². The third-order valence-corrected chi connectivity index (χ3v) is 3.40. The Labute approximate surface area is 115 Å². The number of hydrogen-bond acceptors (Lipinski definition) is 1. The highest BCUT2D eigenvalue weighted by molar-refractivity contribution is 6.33. The Morgan fingerprint density at radius 1 is 1.11 bits per heavy atom. The molecule has 0 aliphatic rings. The minimum absolute atomic E-state index is 0.0925. The summed E-state index contributed by atoms with van der Waals surface area (Å²) in [5.74, 6) is -1.76. The molecule has 19 heavy (non-hydrogen) atoms. The third-order valence-electron chi connectivity index (χ3n) is 3.09. The molecule has 0 saturated heterocycles. The van der Waals surface area contributed by atoms with E-state index in [1.165, 1.54) is 12.1 Å². The van der Waals surface area contributed by atoms with Crippen LogP contribution in [-0.4, -0.2) is 11.1 Å². The van der Waals surface area contributed by atoms with Crippen LogP contribution in [0.25, 0.3) is 11.1 Å². The molecule has 2 nitrogen and oxygen atoms in total. The number of aromatic carboxylic acids is 1. The van der Waals surface area contributed by atoms with Crippen LogP contribution in [0.2, 0.25) is 5.02 Å². The van der Waals surface area contributed by atoms with E-state index in [1.54, 1.807) is 6.07 Å². The molecule has 0 aliphatic carbocycles. The lowest BCUT2D eigenvalue weighted by molar-refractivity contribution is 0.0697. The quantitative estimate of drug-likeness (QED) is 0.880. The molecule has 2 aromatic rings. The molecule has 98 valence electrons. The van der Waals surface area contributed by atoms with Gasteiger partial charge in [-0.05, 0) is 54.8 Å². The van der Waals surface area contributed by atoms with Crippen molar-refractivity contribution in [3.63, 3.8) is 0 Å². The van der Waals surface area contributed by atoms with Gasteiger partial charge in [0.2, 0.25) is 0 Å². The van der Waals surface area contributed by atoms with E-state index in [1.807, 2.05) is 19.9 Å². The fourth-order valence-corrected chi connectivity index (χ4v) is 2.24. The summed E-state index contributed by atoms with van der Waals surface area (Å²) in [5.41, 5.74) is 2.95. The summed E-state index contributed by atoms with van der Waals surface area (Å²) in [6.45, 7) is 3.84. The Balaban J connectivity index is 2.72. The Kier molecular flexibility index (Phi) is 3.58. The number of aryl methyl sites for hydroxylation is 2. The van der Waals surface area contributed by atoms with E-state index >= 15 is 0 Å². The number of carboxylic acid groups (broad SMARTS) is 1. The molecule has 0 atom stereocenters. The Morgan fingerprint density at radius 2 is 1.74 bits per heavy atom. The van der Waals surface area contributed by atoms with Crippen LogP contribution in [0.15, 0.2) is 30.3 Å². The van der Waals surface area contributed by atoms with Gasteiger partial charge >= 0.3 is 5.97 Å². The highest BCUT2D eigenvalue weighted by atomic mass is 35.5. The van der Waals surface area contributed by atoms with E-state index in [2.05, 4.69) is 0 Å². The summed E-state index contributed by atoms with van der Waals surface area (Å²) in [6.07, 6.45) is 0. The Hall–Kier alpha value is -1.87. The molecule has 0 bridgehead atoms. The maximum Gasteiger partial charge on any atom is 0.336 e. The molecule has 1 N–H and O–H groups in total. The van der Waals surface area contributed by atoms with Crippen molar-refractivity contribution < 1.29 is 14.3 Å². The first-order chi connectivity index (χ1) is 8.90. The number of benzene rings is 2. The average molecular weight is 279 g/mol. The molecular weight excluding hydrogens is 267 g/mol. The molecule has 0 amide bonds. The zero-order valence-corrected chi connectivity index (χ0v) is 11.3. The van der Waals surface area contributed by atoms with Gasteiger partial charge in [-0.3, -0.25) is 0 Å². The first-order valence-electron chi connectivity index (χ1n) is 5.70. The van der Waals surface area contributed by atoms with Crippen LogP contribution < -0.4 is 0 Å². The smallest absolute Gasteiger partial charge is 0.336 e. The zero-order chi connectivity index (χ0) is 14.2.